The van der Waals surface area contributed by atoms with E-state index in [1.807, 2.05) is 0 Å². The van der Waals surface area contributed by atoms with Crippen LogP contribution in [0.1, 0.15) is 20.8 Å². The van der Waals surface area contributed by atoms with Crippen LogP contribution in [0, 0.1) is 11.8 Å². The van der Waals surface area contributed by atoms with Crippen molar-refractivity contribution in [1.29, 1.82) is 0 Å². The Bertz CT molecular complexity index is 279. The van der Waals surface area contributed by atoms with E-state index >= 15 is 0 Å². The van der Waals surface area contributed by atoms with Gasteiger partial charge in [0.25, 0.3) is 0 Å². The average Bonchev–Trinajstić information content (AvgIpc) is 2.62. The summed E-state index contributed by atoms with van der Waals surface area (Å²) in [5.41, 5.74) is 0. The smallest absolute Gasteiger partial charge is 0.192 e. The molecule has 0 heterocycles. The van der Waals surface area contributed by atoms with Crippen LogP contribution in [0.25, 0.3) is 0 Å². The fourth-order valence-electron chi connectivity index (χ4n) is 2.01. The van der Waals surface area contributed by atoms with Crippen molar-refractivity contribution >= 4 is 8.32 Å². The maximum Gasteiger partial charge on any atom is 0.192 e. The summed E-state index contributed by atoms with van der Waals surface area (Å²) in [7, 11) is -1.59. The predicted octanol–water partition coefficient (Wildman–Crippen LogP) is 3.75. The molecule has 0 saturated heterocycles. The highest BCUT2D eigenvalue weighted by Gasteiger charge is 2.44. The monoisotopic (exact) mass is 222 g/mol. The van der Waals surface area contributed by atoms with Crippen molar-refractivity contribution in [3.8, 4) is 0 Å². The zero-order valence-electron chi connectivity index (χ0n) is 10.4. The number of rotatable bonds is 2. The van der Waals surface area contributed by atoms with Crippen LogP contribution in [0.3, 0.4) is 0 Å². The second-order valence-corrected chi connectivity index (χ2v) is 11.0. The summed E-state index contributed by atoms with van der Waals surface area (Å²) in [6.45, 7) is 11.6. The molecule has 0 radical (unpaired) electrons. The molecule has 0 saturated carbocycles. The van der Waals surface area contributed by atoms with Crippen LogP contribution >= 0.6 is 0 Å². The normalized spacial score (nSPS) is 34.1. The van der Waals surface area contributed by atoms with Gasteiger partial charge >= 0.3 is 0 Å². The summed E-state index contributed by atoms with van der Waals surface area (Å²) in [5, 5.41) is 0.315. The summed E-state index contributed by atoms with van der Waals surface area (Å²) >= 11 is 0. The minimum Gasteiger partial charge on any atom is -0.412 e. The van der Waals surface area contributed by atoms with Crippen molar-refractivity contribution in [2.24, 2.45) is 11.8 Å². The molecule has 2 rings (SSSR count). The van der Waals surface area contributed by atoms with E-state index in [4.69, 9.17) is 4.43 Å². The molecule has 0 aliphatic heterocycles. The van der Waals surface area contributed by atoms with Gasteiger partial charge in [0.2, 0.25) is 0 Å². The van der Waals surface area contributed by atoms with Crippen LogP contribution in [0.5, 0.6) is 0 Å². The van der Waals surface area contributed by atoms with Gasteiger partial charge in [0, 0.05) is 11.8 Å². The first-order chi connectivity index (χ1) is 6.81. The standard InChI is InChI=1S/C13H22OSi/c1-13(2,3)15(4,5)14-12-10-6-7-11(12)9-8-10/h6-12H,1-5H3. The van der Waals surface area contributed by atoms with E-state index in [1.54, 1.807) is 0 Å². The van der Waals surface area contributed by atoms with Gasteiger partial charge in [0.05, 0.1) is 6.10 Å². The molecule has 0 aromatic carbocycles. The third kappa shape index (κ3) is 1.85. The lowest BCUT2D eigenvalue weighted by atomic mass is 10.1. The van der Waals surface area contributed by atoms with Gasteiger partial charge in [-0.1, -0.05) is 45.1 Å². The molecule has 0 aromatic rings. The molecular weight excluding hydrogens is 200 g/mol. The molecule has 0 unspecified atom stereocenters. The lowest BCUT2D eigenvalue weighted by Gasteiger charge is -2.39. The van der Waals surface area contributed by atoms with Crippen molar-refractivity contribution in [3.05, 3.63) is 24.3 Å². The van der Waals surface area contributed by atoms with Gasteiger partial charge in [-0.3, -0.25) is 0 Å². The Labute approximate surface area is 94.3 Å². The van der Waals surface area contributed by atoms with Crippen molar-refractivity contribution in [1.82, 2.24) is 0 Å². The summed E-state index contributed by atoms with van der Waals surface area (Å²) in [6, 6.07) is 0. The SMILES string of the molecule is CC(C)(C)[Si](C)(C)OC1C2C=CC1C=C2. The fourth-order valence-corrected chi connectivity index (χ4v) is 3.36. The summed E-state index contributed by atoms with van der Waals surface area (Å²) in [5.74, 6) is 1.09. The summed E-state index contributed by atoms with van der Waals surface area (Å²) in [6.07, 6.45) is 9.58. The quantitative estimate of drug-likeness (QED) is 0.511. The molecule has 84 valence electrons. The molecule has 0 fully saturated rings. The molecule has 2 heteroatoms. The van der Waals surface area contributed by atoms with E-state index in [2.05, 4.69) is 58.2 Å². The summed E-state index contributed by atoms with van der Waals surface area (Å²) < 4.78 is 6.46. The van der Waals surface area contributed by atoms with Crippen molar-refractivity contribution in [2.75, 3.05) is 0 Å². The molecule has 15 heavy (non-hydrogen) atoms. The third-order valence-electron chi connectivity index (χ3n) is 4.11. The first-order valence-corrected chi connectivity index (χ1v) is 8.76. The highest BCUT2D eigenvalue weighted by atomic mass is 28.4. The van der Waals surface area contributed by atoms with Crippen molar-refractivity contribution in [3.63, 3.8) is 0 Å². The Morgan fingerprint density at radius 3 is 1.67 bits per heavy atom. The number of fused-ring (bicyclic) bond motifs is 2. The first-order valence-electron chi connectivity index (χ1n) is 5.86. The Morgan fingerprint density at radius 1 is 0.933 bits per heavy atom. The Hall–Kier alpha value is -0.343. The molecule has 2 aliphatic carbocycles. The zero-order chi connectivity index (χ0) is 11.3. The molecule has 0 aromatic heterocycles. The largest absolute Gasteiger partial charge is 0.412 e. The predicted molar refractivity (Wildman–Crippen MR) is 67.3 cm³/mol. The first kappa shape index (κ1) is 11.2. The van der Waals surface area contributed by atoms with Crippen LogP contribution in [-0.2, 0) is 4.43 Å². The summed E-state index contributed by atoms with van der Waals surface area (Å²) in [4.78, 5) is 0. The van der Waals surface area contributed by atoms with Gasteiger partial charge in [-0.05, 0) is 18.1 Å². The number of hydrogen-bond acceptors (Lipinski definition) is 1. The molecule has 0 atom stereocenters. The minimum absolute atomic E-state index is 0.315. The molecule has 1 nitrogen and oxygen atoms in total. The fraction of sp³-hybridized carbons (Fsp3) is 0.692. The second kappa shape index (κ2) is 3.32. The van der Waals surface area contributed by atoms with Gasteiger partial charge in [-0.15, -0.1) is 0 Å². The zero-order valence-corrected chi connectivity index (χ0v) is 11.4. The van der Waals surface area contributed by atoms with Gasteiger partial charge in [-0.25, -0.2) is 0 Å². The molecule has 2 bridgehead atoms. The van der Waals surface area contributed by atoms with E-state index in [0.717, 1.165) is 0 Å². The van der Waals surface area contributed by atoms with Crippen LogP contribution in [0.4, 0.5) is 0 Å². The Balaban J connectivity index is 2.05. The van der Waals surface area contributed by atoms with Crippen molar-refractivity contribution in [2.45, 2.75) is 45.0 Å². The molecule has 0 spiro atoms. The van der Waals surface area contributed by atoms with Crippen LogP contribution < -0.4 is 0 Å². The molecule has 2 aliphatic rings. The topological polar surface area (TPSA) is 9.23 Å². The van der Waals surface area contributed by atoms with Crippen molar-refractivity contribution < 1.29 is 4.43 Å². The molecule has 0 N–H and O–H groups in total. The average molecular weight is 222 g/mol. The highest BCUT2D eigenvalue weighted by Crippen LogP contribution is 2.43. The Morgan fingerprint density at radius 2 is 1.33 bits per heavy atom. The van der Waals surface area contributed by atoms with Gasteiger partial charge in [0.15, 0.2) is 8.32 Å². The van der Waals surface area contributed by atoms with Crippen LogP contribution in [-0.4, -0.2) is 14.4 Å². The third-order valence-corrected chi connectivity index (χ3v) is 8.58. The van der Waals surface area contributed by atoms with E-state index in [0.29, 0.717) is 23.0 Å². The van der Waals surface area contributed by atoms with Gasteiger partial charge in [0.1, 0.15) is 0 Å². The lowest BCUT2D eigenvalue weighted by Crippen LogP contribution is -2.45. The van der Waals surface area contributed by atoms with E-state index < -0.39 is 8.32 Å². The minimum atomic E-state index is -1.59. The highest BCUT2D eigenvalue weighted by molar-refractivity contribution is 6.74. The van der Waals surface area contributed by atoms with Crippen LogP contribution in [0.15, 0.2) is 24.3 Å². The van der Waals surface area contributed by atoms with E-state index in [1.165, 1.54) is 0 Å². The van der Waals surface area contributed by atoms with Gasteiger partial charge in [-0.2, -0.15) is 0 Å². The lowest BCUT2D eigenvalue weighted by molar-refractivity contribution is 0.153. The number of hydrogen-bond donors (Lipinski definition) is 0. The van der Waals surface area contributed by atoms with E-state index in [-0.39, 0.29) is 0 Å². The molecule has 0 amide bonds. The maximum atomic E-state index is 6.46. The van der Waals surface area contributed by atoms with Crippen LogP contribution in [0.2, 0.25) is 18.1 Å². The second-order valence-electron chi connectivity index (χ2n) is 6.27. The van der Waals surface area contributed by atoms with E-state index in [9.17, 15) is 0 Å². The molecular formula is C13H22OSi. The Kier molecular flexibility index (Phi) is 2.47. The maximum absolute atomic E-state index is 6.46. The van der Waals surface area contributed by atoms with Gasteiger partial charge < -0.3 is 4.43 Å².